The first kappa shape index (κ1) is 8.85. The summed E-state index contributed by atoms with van der Waals surface area (Å²) in [7, 11) is 2.21. The standard InChI is InChI=1S/C9H18N2S/c1-11-6-9(7-11)4-8(5-10)2-3-12-9/h8H,2-7,10H2,1H3. The molecule has 2 heterocycles. The van der Waals surface area contributed by atoms with E-state index in [1.54, 1.807) is 0 Å². The van der Waals surface area contributed by atoms with E-state index >= 15 is 0 Å². The summed E-state index contributed by atoms with van der Waals surface area (Å²) < 4.78 is 0.608. The molecule has 0 amide bonds. The van der Waals surface area contributed by atoms with Gasteiger partial charge in [0.2, 0.25) is 0 Å². The van der Waals surface area contributed by atoms with Gasteiger partial charge in [0.05, 0.1) is 0 Å². The first-order valence-electron chi connectivity index (χ1n) is 4.77. The van der Waals surface area contributed by atoms with Crippen LogP contribution < -0.4 is 5.73 Å². The number of likely N-dealkylation sites (tertiary alicyclic amines) is 1. The molecule has 0 aromatic heterocycles. The maximum absolute atomic E-state index is 5.71. The third kappa shape index (κ3) is 1.50. The van der Waals surface area contributed by atoms with Crippen LogP contribution in [0.4, 0.5) is 0 Å². The van der Waals surface area contributed by atoms with Gasteiger partial charge < -0.3 is 10.6 Å². The highest BCUT2D eigenvalue weighted by atomic mass is 32.2. The van der Waals surface area contributed by atoms with Crippen LogP contribution in [0.1, 0.15) is 12.8 Å². The van der Waals surface area contributed by atoms with Gasteiger partial charge in [-0.3, -0.25) is 0 Å². The highest BCUT2D eigenvalue weighted by molar-refractivity contribution is 8.00. The smallest absolute Gasteiger partial charge is 0.0416 e. The average molecular weight is 186 g/mol. The molecule has 1 spiro atoms. The Labute approximate surface area is 78.9 Å². The monoisotopic (exact) mass is 186 g/mol. The first-order chi connectivity index (χ1) is 5.74. The van der Waals surface area contributed by atoms with E-state index in [1.807, 2.05) is 0 Å². The molecule has 2 N–H and O–H groups in total. The molecular formula is C9H18N2S. The van der Waals surface area contributed by atoms with Crippen molar-refractivity contribution >= 4 is 11.8 Å². The van der Waals surface area contributed by atoms with Crippen LogP contribution in [0.25, 0.3) is 0 Å². The van der Waals surface area contributed by atoms with Gasteiger partial charge in [-0.2, -0.15) is 11.8 Å². The summed E-state index contributed by atoms with van der Waals surface area (Å²) in [6, 6.07) is 0. The minimum absolute atomic E-state index is 0.608. The number of nitrogens with zero attached hydrogens (tertiary/aromatic N) is 1. The molecule has 0 bridgehead atoms. The maximum atomic E-state index is 5.71. The third-order valence-electron chi connectivity index (χ3n) is 3.04. The second-order valence-corrected chi connectivity index (χ2v) is 5.86. The van der Waals surface area contributed by atoms with Crippen LogP contribution in [0, 0.1) is 5.92 Å². The van der Waals surface area contributed by atoms with Crippen molar-refractivity contribution in [3.05, 3.63) is 0 Å². The molecule has 0 aromatic carbocycles. The van der Waals surface area contributed by atoms with Crippen molar-refractivity contribution in [2.24, 2.45) is 11.7 Å². The number of hydrogen-bond donors (Lipinski definition) is 1. The highest BCUT2D eigenvalue weighted by Gasteiger charge is 2.44. The number of nitrogens with two attached hydrogens (primary N) is 1. The van der Waals surface area contributed by atoms with Crippen molar-refractivity contribution in [1.29, 1.82) is 0 Å². The molecule has 3 heteroatoms. The van der Waals surface area contributed by atoms with Gasteiger partial charge in [0.15, 0.2) is 0 Å². The first-order valence-corrected chi connectivity index (χ1v) is 5.75. The van der Waals surface area contributed by atoms with E-state index in [0.29, 0.717) is 4.75 Å². The summed E-state index contributed by atoms with van der Waals surface area (Å²) in [4.78, 5) is 2.41. The van der Waals surface area contributed by atoms with E-state index in [4.69, 9.17) is 5.73 Å². The second-order valence-electron chi connectivity index (χ2n) is 4.30. The summed E-state index contributed by atoms with van der Waals surface area (Å²) in [6.45, 7) is 3.47. The van der Waals surface area contributed by atoms with Crippen LogP contribution in [-0.4, -0.2) is 42.1 Å². The van der Waals surface area contributed by atoms with Gasteiger partial charge in [0, 0.05) is 17.8 Å². The summed E-state index contributed by atoms with van der Waals surface area (Å²) >= 11 is 2.18. The molecule has 2 rings (SSSR count). The molecule has 0 aliphatic carbocycles. The van der Waals surface area contributed by atoms with Gasteiger partial charge in [-0.1, -0.05) is 0 Å². The van der Waals surface area contributed by atoms with Crippen LogP contribution in [0.15, 0.2) is 0 Å². The Bertz CT molecular complexity index is 160. The molecule has 12 heavy (non-hydrogen) atoms. The lowest BCUT2D eigenvalue weighted by Gasteiger charge is -2.52. The normalized spacial score (nSPS) is 35.0. The molecule has 2 aliphatic rings. The van der Waals surface area contributed by atoms with E-state index in [2.05, 4.69) is 23.7 Å². The fourth-order valence-corrected chi connectivity index (χ4v) is 4.35. The molecule has 2 fully saturated rings. The van der Waals surface area contributed by atoms with Gasteiger partial charge >= 0.3 is 0 Å². The van der Waals surface area contributed by atoms with Gasteiger partial charge in [-0.25, -0.2) is 0 Å². The van der Waals surface area contributed by atoms with Gasteiger partial charge in [0.1, 0.15) is 0 Å². The van der Waals surface area contributed by atoms with Gasteiger partial charge in [0.25, 0.3) is 0 Å². The van der Waals surface area contributed by atoms with E-state index in [9.17, 15) is 0 Å². The van der Waals surface area contributed by atoms with Crippen LogP contribution in [0.3, 0.4) is 0 Å². The fourth-order valence-electron chi connectivity index (χ4n) is 2.49. The Morgan fingerprint density at radius 2 is 2.33 bits per heavy atom. The largest absolute Gasteiger partial charge is 0.330 e. The fraction of sp³-hybridized carbons (Fsp3) is 1.00. The zero-order chi connectivity index (χ0) is 8.60. The molecule has 2 saturated heterocycles. The van der Waals surface area contributed by atoms with Gasteiger partial charge in [-0.05, 0) is 38.1 Å². The van der Waals surface area contributed by atoms with Crippen molar-refractivity contribution in [2.45, 2.75) is 17.6 Å². The van der Waals surface area contributed by atoms with Crippen LogP contribution >= 0.6 is 11.8 Å². The molecule has 2 nitrogen and oxygen atoms in total. The lowest BCUT2D eigenvalue weighted by atomic mass is 9.86. The lowest BCUT2D eigenvalue weighted by Crippen LogP contribution is -2.60. The van der Waals surface area contributed by atoms with Crippen molar-refractivity contribution in [3.63, 3.8) is 0 Å². The zero-order valence-electron chi connectivity index (χ0n) is 7.75. The van der Waals surface area contributed by atoms with Crippen LogP contribution in [-0.2, 0) is 0 Å². The van der Waals surface area contributed by atoms with Crippen molar-refractivity contribution < 1.29 is 0 Å². The number of thioether (sulfide) groups is 1. The molecule has 0 saturated carbocycles. The van der Waals surface area contributed by atoms with E-state index < -0.39 is 0 Å². The molecular weight excluding hydrogens is 168 g/mol. The minimum atomic E-state index is 0.608. The Hall–Kier alpha value is 0.270. The SMILES string of the molecule is CN1CC2(CC(CN)CCS2)C1. The minimum Gasteiger partial charge on any atom is -0.330 e. The van der Waals surface area contributed by atoms with E-state index in [1.165, 1.54) is 31.7 Å². The topological polar surface area (TPSA) is 29.3 Å². The summed E-state index contributed by atoms with van der Waals surface area (Å²) in [6.07, 6.45) is 2.70. The third-order valence-corrected chi connectivity index (χ3v) is 4.52. The summed E-state index contributed by atoms with van der Waals surface area (Å²) in [5.41, 5.74) is 5.71. The Balaban J connectivity index is 1.91. The number of rotatable bonds is 1. The van der Waals surface area contributed by atoms with Crippen LogP contribution in [0.2, 0.25) is 0 Å². The molecule has 1 unspecified atom stereocenters. The summed E-state index contributed by atoms with van der Waals surface area (Å²) in [5.74, 6) is 2.13. The Kier molecular flexibility index (Phi) is 2.36. The van der Waals surface area contributed by atoms with E-state index in [-0.39, 0.29) is 0 Å². The molecule has 70 valence electrons. The molecule has 1 atom stereocenters. The second kappa shape index (κ2) is 3.20. The zero-order valence-corrected chi connectivity index (χ0v) is 8.57. The number of hydrogen-bond acceptors (Lipinski definition) is 3. The highest BCUT2D eigenvalue weighted by Crippen LogP contribution is 2.44. The molecule has 2 aliphatic heterocycles. The van der Waals surface area contributed by atoms with Crippen molar-refractivity contribution in [3.8, 4) is 0 Å². The molecule has 0 radical (unpaired) electrons. The molecule has 0 aromatic rings. The Morgan fingerprint density at radius 3 is 2.92 bits per heavy atom. The van der Waals surface area contributed by atoms with Crippen molar-refractivity contribution in [1.82, 2.24) is 4.90 Å². The lowest BCUT2D eigenvalue weighted by molar-refractivity contribution is 0.136. The summed E-state index contributed by atoms with van der Waals surface area (Å²) in [5, 5.41) is 0. The Morgan fingerprint density at radius 1 is 1.58 bits per heavy atom. The van der Waals surface area contributed by atoms with Gasteiger partial charge in [-0.15, -0.1) is 0 Å². The average Bonchev–Trinajstić information content (AvgIpc) is 2.02. The predicted molar refractivity (Wildman–Crippen MR) is 54.5 cm³/mol. The quantitative estimate of drug-likeness (QED) is 0.656. The predicted octanol–water partition coefficient (Wildman–Crippen LogP) is 0.773. The van der Waals surface area contributed by atoms with E-state index in [0.717, 1.165) is 12.5 Å². The van der Waals surface area contributed by atoms with Crippen molar-refractivity contribution in [2.75, 3.05) is 32.4 Å². The maximum Gasteiger partial charge on any atom is 0.0416 e. The van der Waals surface area contributed by atoms with Crippen LogP contribution in [0.5, 0.6) is 0 Å².